The first kappa shape index (κ1) is 12.7. The molecule has 5 heteroatoms. The van der Waals surface area contributed by atoms with Crippen LogP contribution in [0.2, 0.25) is 0 Å². The highest BCUT2D eigenvalue weighted by Crippen LogP contribution is 2.29. The summed E-state index contributed by atoms with van der Waals surface area (Å²) in [5, 5.41) is 0. The van der Waals surface area contributed by atoms with Gasteiger partial charge < -0.3 is 9.47 Å². The van der Waals surface area contributed by atoms with E-state index in [1.807, 2.05) is 0 Å². The molecular weight excluding hydrogens is 212 g/mol. The average Bonchev–Trinajstić information content (AvgIpc) is 2.61. The normalized spacial score (nSPS) is 24.2. The molecular formula is C11H16O5. The van der Waals surface area contributed by atoms with Gasteiger partial charge in [-0.15, -0.1) is 0 Å². The van der Waals surface area contributed by atoms with Gasteiger partial charge in [-0.2, -0.15) is 0 Å². The molecule has 1 aliphatic carbocycles. The molecule has 2 atom stereocenters. The lowest BCUT2D eigenvalue weighted by atomic mass is 10.0. The van der Waals surface area contributed by atoms with Crippen molar-refractivity contribution in [2.45, 2.75) is 26.7 Å². The first-order valence-corrected chi connectivity index (χ1v) is 5.48. The molecule has 0 radical (unpaired) electrons. The second kappa shape index (κ2) is 5.63. The number of hydrogen-bond donors (Lipinski definition) is 0. The van der Waals surface area contributed by atoms with E-state index in [4.69, 9.17) is 9.47 Å². The quantitative estimate of drug-likeness (QED) is 0.523. The van der Waals surface area contributed by atoms with Gasteiger partial charge in [0.05, 0.1) is 13.2 Å². The first-order chi connectivity index (χ1) is 7.61. The van der Waals surface area contributed by atoms with Crippen molar-refractivity contribution in [2.75, 3.05) is 13.2 Å². The molecule has 0 aliphatic heterocycles. The molecule has 0 spiro atoms. The Kier molecular flexibility index (Phi) is 4.46. The van der Waals surface area contributed by atoms with E-state index in [0.29, 0.717) is 12.8 Å². The van der Waals surface area contributed by atoms with Crippen molar-refractivity contribution in [1.29, 1.82) is 0 Å². The van der Waals surface area contributed by atoms with Crippen molar-refractivity contribution in [3.8, 4) is 0 Å². The molecule has 0 heterocycles. The Balaban J connectivity index is 2.60. The maximum absolute atomic E-state index is 11.7. The highest BCUT2D eigenvalue weighted by Gasteiger charge is 2.43. The number of carbonyl (C=O) groups is 3. The predicted octanol–water partition coefficient (Wildman–Crippen LogP) is 0.708. The van der Waals surface area contributed by atoms with Crippen LogP contribution in [0.3, 0.4) is 0 Å². The van der Waals surface area contributed by atoms with E-state index in [0.717, 1.165) is 0 Å². The van der Waals surface area contributed by atoms with E-state index in [2.05, 4.69) is 0 Å². The second-order valence-corrected chi connectivity index (χ2v) is 3.59. The van der Waals surface area contributed by atoms with Crippen LogP contribution in [0.5, 0.6) is 0 Å². The predicted molar refractivity (Wildman–Crippen MR) is 54.5 cm³/mol. The van der Waals surface area contributed by atoms with Crippen LogP contribution in [-0.4, -0.2) is 30.9 Å². The van der Waals surface area contributed by atoms with Crippen LogP contribution in [0.1, 0.15) is 26.7 Å². The van der Waals surface area contributed by atoms with Crippen LogP contribution in [0.4, 0.5) is 0 Å². The van der Waals surface area contributed by atoms with Gasteiger partial charge in [0.1, 0.15) is 11.8 Å². The van der Waals surface area contributed by atoms with E-state index < -0.39 is 23.8 Å². The zero-order valence-electron chi connectivity index (χ0n) is 9.52. The fourth-order valence-electron chi connectivity index (χ4n) is 1.81. The zero-order valence-corrected chi connectivity index (χ0v) is 9.52. The molecule has 5 nitrogen and oxygen atoms in total. The molecule has 1 saturated carbocycles. The minimum atomic E-state index is -0.783. The molecule has 1 rings (SSSR count). The van der Waals surface area contributed by atoms with Gasteiger partial charge in [-0.1, -0.05) is 0 Å². The Morgan fingerprint density at radius 2 is 1.44 bits per heavy atom. The van der Waals surface area contributed by atoms with Crippen molar-refractivity contribution in [2.24, 2.45) is 11.8 Å². The summed E-state index contributed by atoms with van der Waals surface area (Å²) in [4.78, 5) is 34.5. The molecule has 90 valence electrons. The Labute approximate surface area is 94.1 Å². The van der Waals surface area contributed by atoms with Crippen molar-refractivity contribution >= 4 is 17.7 Å². The van der Waals surface area contributed by atoms with Gasteiger partial charge in [0.15, 0.2) is 5.78 Å². The Hall–Kier alpha value is -1.39. The lowest BCUT2D eigenvalue weighted by Crippen LogP contribution is -2.28. The molecule has 0 saturated heterocycles. The van der Waals surface area contributed by atoms with Gasteiger partial charge in [0.25, 0.3) is 0 Å². The largest absolute Gasteiger partial charge is 0.465 e. The third kappa shape index (κ3) is 2.59. The molecule has 0 N–H and O–H groups in total. The molecule has 1 aliphatic rings. The van der Waals surface area contributed by atoms with Crippen LogP contribution in [0, 0.1) is 11.8 Å². The van der Waals surface area contributed by atoms with Gasteiger partial charge >= 0.3 is 11.9 Å². The SMILES string of the molecule is CCOC(=O)C1CCC(C(=O)OCC)C1=O. The van der Waals surface area contributed by atoms with E-state index >= 15 is 0 Å². The molecule has 0 aromatic heterocycles. The second-order valence-electron chi connectivity index (χ2n) is 3.59. The number of Topliss-reactive ketones (excluding diaryl/α,β-unsaturated/α-hetero) is 1. The number of rotatable bonds is 4. The summed E-state index contributed by atoms with van der Waals surface area (Å²) in [6.45, 7) is 3.85. The fraction of sp³-hybridized carbons (Fsp3) is 0.727. The van der Waals surface area contributed by atoms with Crippen LogP contribution in [0.25, 0.3) is 0 Å². The van der Waals surface area contributed by atoms with Gasteiger partial charge in [-0.25, -0.2) is 0 Å². The summed E-state index contributed by atoms with van der Waals surface area (Å²) in [6.07, 6.45) is 0.752. The topological polar surface area (TPSA) is 69.7 Å². The zero-order chi connectivity index (χ0) is 12.1. The number of ether oxygens (including phenoxy) is 2. The summed E-state index contributed by atoms with van der Waals surface area (Å²) in [5.74, 6) is -2.99. The highest BCUT2D eigenvalue weighted by atomic mass is 16.5. The van der Waals surface area contributed by atoms with Gasteiger partial charge in [0.2, 0.25) is 0 Å². The fourth-order valence-corrected chi connectivity index (χ4v) is 1.81. The van der Waals surface area contributed by atoms with Gasteiger partial charge in [0, 0.05) is 0 Å². The van der Waals surface area contributed by atoms with E-state index in [9.17, 15) is 14.4 Å². The summed E-state index contributed by atoms with van der Waals surface area (Å²) >= 11 is 0. The third-order valence-electron chi connectivity index (χ3n) is 2.57. The van der Waals surface area contributed by atoms with Crippen LogP contribution < -0.4 is 0 Å². The maximum atomic E-state index is 11.7. The molecule has 0 aromatic carbocycles. The van der Waals surface area contributed by atoms with Crippen molar-refractivity contribution in [1.82, 2.24) is 0 Å². The minimum Gasteiger partial charge on any atom is -0.465 e. The Morgan fingerprint density at radius 1 is 1.06 bits per heavy atom. The molecule has 1 fully saturated rings. The summed E-state index contributed by atoms with van der Waals surface area (Å²) in [7, 11) is 0. The van der Waals surface area contributed by atoms with Crippen LogP contribution >= 0.6 is 0 Å². The standard InChI is InChI=1S/C11H16O5/c1-3-15-10(13)7-5-6-8(9(7)12)11(14)16-4-2/h7-8H,3-6H2,1-2H3. The molecule has 16 heavy (non-hydrogen) atoms. The van der Waals surface area contributed by atoms with Crippen molar-refractivity contribution < 1.29 is 23.9 Å². The smallest absolute Gasteiger partial charge is 0.316 e. The number of hydrogen-bond acceptors (Lipinski definition) is 5. The third-order valence-corrected chi connectivity index (χ3v) is 2.57. The number of ketones is 1. The minimum absolute atomic E-state index is 0.243. The lowest BCUT2D eigenvalue weighted by Gasteiger charge is -2.09. The van der Waals surface area contributed by atoms with E-state index in [1.54, 1.807) is 13.8 Å². The average molecular weight is 228 g/mol. The lowest BCUT2D eigenvalue weighted by molar-refractivity contribution is -0.154. The summed E-state index contributed by atoms with van der Waals surface area (Å²) in [6, 6.07) is 0. The molecule has 2 unspecified atom stereocenters. The van der Waals surface area contributed by atoms with Crippen LogP contribution in [0.15, 0.2) is 0 Å². The van der Waals surface area contributed by atoms with Crippen LogP contribution in [-0.2, 0) is 23.9 Å². The maximum Gasteiger partial charge on any atom is 0.316 e. The van der Waals surface area contributed by atoms with Gasteiger partial charge in [-0.3, -0.25) is 14.4 Å². The van der Waals surface area contributed by atoms with Crippen molar-refractivity contribution in [3.05, 3.63) is 0 Å². The van der Waals surface area contributed by atoms with Crippen molar-refractivity contribution in [3.63, 3.8) is 0 Å². The summed E-state index contributed by atoms with van der Waals surface area (Å²) in [5.41, 5.74) is 0. The Bertz CT molecular complexity index is 269. The monoisotopic (exact) mass is 228 g/mol. The number of carbonyl (C=O) groups excluding carboxylic acids is 3. The molecule has 0 bridgehead atoms. The van der Waals surface area contributed by atoms with Gasteiger partial charge in [-0.05, 0) is 26.7 Å². The highest BCUT2D eigenvalue weighted by molar-refractivity contribution is 6.09. The van der Waals surface area contributed by atoms with E-state index in [1.165, 1.54) is 0 Å². The summed E-state index contributed by atoms with van der Waals surface area (Å²) < 4.78 is 9.54. The first-order valence-electron chi connectivity index (χ1n) is 5.48. The Morgan fingerprint density at radius 3 is 1.75 bits per heavy atom. The number of esters is 2. The molecule has 0 amide bonds. The molecule has 0 aromatic rings. The van der Waals surface area contributed by atoms with E-state index in [-0.39, 0.29) is 19.0 Å².